The Bertz CT molecular complexity index is 1280. The van der Waals surface area contributed by atoms with Crippen molar-refractivity contribution >= 4 is 40.9 Å². The third kappa shape index (κ3) is 6.33. The molecule has 1 aromatic carbocycles. The van der Waals surface area contributed by atoms with Crippen molar-refractivity contribution in [3.05, 3.63) is 51.3 Å². The zero-order valence-electron chi connectivity index (χ0n) is 22.5. The average Bonchev–Trinajstić information content (AvgIpc) is 3.27. The fourth-order valence-electron chi connectivity index (χ4n) is 6.39. The molecule has 0 aliphatic heterocycles. The fourth-order valence-corrected chi connectivity index (χ4v) is 6.99. The maximum absolute atomic E-state index is 14.5. The predicted molar refractivity (Wildman–Crippen MR) is 144 cm³/mol. The molecule has 1 N–H and O–H groups in total. The van der Waals surface area contributed by atoms with Crippen molar-refractivity contribution in [3.63, 3.8) is 0 Å². The van der Waals surface area contributed by atoms with Gasteiger partial charge in [-0.25, -0.2) is 0 Å². The van der Waals surface area contributed by atoms with Crippen molar-refractivity contribution in [2.45, 2.75) is 65.1 Å². The van der Waals surface area contributed by atoms with E-state index in [1.54, 1.807) is 13.0 Å². The number of ketones is 1. The van der Waals surface area contributed by atoms with Gasteiger partial charge in [0.2, 0.25) is 0 Å². The Morgan fingerprint density at radius 3 is 2.30 bits per heavy atom. The molecule has 2 aliphatic carbocycles. The van der Waals surface area contributed by atoms with Crippen LogP contribution in [0.1, 0.15) is 85.3 Å². The first-order chi connectivity index (χ1) is 18.6. The van der Waals surface area contributed by atoms with Crippen molar-refractivity contribution in [2.24, 2.45) is 23.2 Å². The second kappa shape index (κ2) is 11.4. The number of rotatable bonds is 8. The second-order valence-electron chi connectivity index (χ2n) is 11.9. The highest BCUT2D eigenvalue weighted by Gasteiger charge is 2.45. The van der Waals surface area contributed by atoms with Gasteiger partial charge in [-0.05, 0) is 61.5 Å². The lowest BCUT2D eigenvalue weighted by atomic mass is 9.64. The van der Waals surface area contributed by atoms with Crippen LogP contribution in [0.4, 0.5) is 13.2 Å². The van der Waals surface area contributed by atoms with Crippen molar-refractivity contribution in [2.75, 3.05) is 13.1 Å². The van der Waals surface area contributed by atoms with E-state index in [9.17, 15) is 32.7 Å². The minimum atomic E-state index is -4.91. The molecule has 2 aromatic rings. The van der Waals surface area contributed by atoms with Gasteiger partial charge in [0.1, 0.15) is 0 Å². The number of amides is 1. The van der Waals surface area contributed by atoms with Crippen LogP contribution >= 0.6 is 23.2 Å². The Hall–Kier alpha value is -2.59. The van der Waals surface area contributed by atoms with Gasteiger partial charge in [-0.1, -0.05) is 50.0 Å². The molecule has 0 unspecified atom stereocenters. The summed E-state index contributed by atoms with van der Waals surface area (Å²) < 4.78 is 44.2. The summed E-state index contributed by atoms with van der Waals surface area (Å²) in [5.74, 6) is -3.50. The first-order valence-electron chi connectivity index (χ1n) is 13.2. The van der Waals surface area contributed by atoms with E-state index in [0.717, 1.165) is 28.6 Å². The molecule has 1 aromatic heterocycles. The smallest absolute Gasteiger partial charge is 0.433 e. The van der Waals surface area contributed by atoms with Crippen molar-refractivity contribution in [1.29, 1.82) is 0 Å². The summed E-state index contributed by atoms with van der Waals surface area (Å²) in [4.78, 5) is 39.7. The van der Waals surface area contributed by atoms with E-state index in [4.69, 9.17) is 23.2 Å². The van der Waals surface area contributed by atoms with Gasteiger partial charge in [0.25, 0.3) is 5.91 Å². The zero-order chi connectivity index (χ0) is 29.6. The topological polar surface area (TPSA) is 92.5 Å². The van der Waals surface area contributed by atoms with E-state index < -0.39 is 53.6 Å². The number of carbonyl (C=O) groups excluding carboxylic acids is 2. The minimum Gasteiger partial charge on any atom is -0.481 e. The SMILES string of the molecule is C[C@H]1C[C@@H](n2ncc(C(=O)N(CC(=O)c3c(Cl)cccc3Cl)CC3CC(C)(C)C3)c2C(F)(F)F)CC[C@H]1C(=O)O. The van der Waals surface area contributed by atoms with Crippen LogP contribution in [0.3, 0.4) is 0 Å². The number of nitrogens with zero attached hydrogens (tertiary/aromatic N) is 3. The van der Waals surface area contributed by atoms with Gasteiger partial charge < -0.3 is 10.0 Å². The monoisotopic (exact) mass is 601 g/mol. The number of aliphatic carboxylic acids is 1. The number of halogens is 5. The van der Waals surface area contributed by atoms with E-state index in [2.05, 4.69) is 18.9 Å². The molecule has 0 radical (unpaired) electrons. The maximum atomic E-state index is 14.5. The number of hydrogen-bond acceptors (Lipinski definition) is 4. The van der Waals surface area contributed by atoms with E-state index in [-0.39, 0.29) is 58.7 Å². The summed E-state index contributed by atoms with van der Waals surface area (Å²) in [5, 5.41) is 13.6. The minimum absolute atomic E-state index is 0.00786. The van der Waals surface area contributed by atoms with Gasteiger partial charge in [0.15, 0.2) is 11.5 Å². The molecule has 7 nitrogen and oxygen atoms in total. The van der Waals surface area contributed by atoms with Gasteiger partial charge >= 0.3 is 12.1 Å². The summed E-state index contributed by atoms with van der Waals surface area (Å²) in [5.41, 5.74) is -1.78. The number of carboxylic acid groups (broad SMARTS) is 1. The van der Waals surface area contributed by atoms with E-state index in [0.29, 0.717) is 0 Å². The molecular weight excluding hydrogens is 570 g/mol. The van der Waals surface area contributed by atoms with Crippen LogP contribution in [0.15, 0.2) is 24.4 Å². The Morgan fingerprint density at radius 2 is 1.77 bits per heavy atom. The molecule has 1 heterocycles. The quantitative estimate of drug-likeness (QED) is 0.328. The second-order valence-corrected chi connectivity index (χ2v) is 12.7. The van der Waals surface area contributed by atoms with Crippen molar-refractivity contribution < 1.29 is 32.7 Å². The summed E-state index contributed by atoms with van der Waals surface area (Å²) in [6, 6.07) is 3.81. The Balaban J connectivity index is 1.66. The molecule has 0 spiro atoms. The molecule has 1 amide bonds. The standard InChI is InChI=1S/C28H32Cl2F3N3O4/c1-15-9-17(7-8-18(15)26(39)40)36-24(28(31,32)33)19(12-34-36)25(38)35(13-16-10-27(2,3)11-16)14-22(37)23-20(29)5-4-6-21(23)30/h4-6,12,15-18H,7-11,13-14H2,1-3H3,(H,39,40)/t15-,17-,18+/m0/s1. The number of alkyl halides is 3. The number of aromatic nitrogens is 2. The van der Waals surface area contributed by atoms with E-state index in [1.165, 1.54) is 12.1 Å². The van der Waals surface area contributed by atoms with Crippen LogP contribution in [0.2, 0.25) is 10.0 Å². The number of benzene rings is 1. The summed E-state index contributed by atoms with van der Waals surface area (Å²) >= 11 is 12.4. The lowest BCUT2D eigenvalue weighted by molar-refractivity contribution is -0.149. The Morgan fingerprint density at radius 1 is 1.15 bits per heavy atom. The first-order valence-corrected chi connectivity index (χ1v) is 14.0. The average molecular weight is 602 g/mol. The fraction of sp³-hybridized carbons (Fsp3) is 0.571. The normalized spacial score (nSPS) is 22.9. The van der Waals surface area contributed by atoms with Crippen LogP contribution in [0, 0.1) is 23.2 Å². The van der Waals surface area contributed by atoms with Crippen LogP contribution in [-0.4, -0.2) is 50.5 Å². The summed E-state index contributed by atoms with van der Waals surface area (Å²) in [6.45, 7) is 5.43. The third-order valence-corrected chi connectivity index (χ3v) is 8.75. The first kappa shape index (κ1) is 30.4. The van der Waals surface area contributed by atoms with Crippen LogP contribution in [0.5, 0.6) is 0 Å². The van der Waals surface area contributed by atoms with Crippen LogP contribution in [-0.2, 0) is 11.0 Å². The molecule has 2 saturated carbocycles. The van der Waals surface area contributed by atoms with Gasteiger partial charge in [0, 0.05) is 6.54 Å². The van der Waals surface area contributed by atoms with Gasteiger partial charge in [-0.2, -0.15) is 18.3 Å². The van der Waals surface area contributed by atoms with Crippen LogP contribution < -0.4 is 0 Å². The molecule has 3 atom stereocenters. The number of carboxylic acids is 1. The van der Waals surface area contributed by atoms with Gasteiger partial charge in [-0.3, -0.25) is 19.1 Å². The number of hydrogen-bond donors (Lipinski definition) is 1. The highest BCUT2D eigenvalue weighted by Crippen LogP contribution is 2.45. The van der Waals surface area contributed by atoms with E-state index >= 15 is 0 Å². The van der Waals surface area contributed by atoms with Gasteiger partial charge in [0.05, 0.1) is 45.9 Å². The molecule has 218 valence electrons. The molecule has 0 bridgehead atoms. The molecule has 2 fully saturated rings. The number of Topliss-reactive ketones (excluding diaryl/α,β-unsaturated/α-hetero) is 1. The maximum Gasteiger partial charge on any atom is 0.433 e. The molecule has 40 heavy (non-hydrogen) atoms. The largest absolute Gasteiger partial charge is 0.481 e. The Kier molecular flexibility index (Phi) is 8.62. The summed E-state index contributed by atoms with van der Waals surface area (Å²) in [7, 11) is 0. The molecule has 2 aliphatic rings. The Labute approximate surface area is 240 Å². The predicted octanol–water partition coefficient (Wildman–Crippen LogP) is 7.03. The van der Waals surface area contributed by atoms with Crippen molar-refractivity contribution in [3.8, 4) is 0 Å². The molecular formula is C28H32Cl2F3N3O4. The van der Waals surface area contributed by atoms with E-state index in [1.807, 2.05) is 0 Å². The highest BCUT2D eigenvalue weighted by molar-refractivity contribution is 6.40. The summed E-state index contributed by atoms with van der Waals surface area (Å²) in [6.07, 6.45) is -1.91. The van der Waals surface area contributed by atoms with Gasteiger partial charge in [-0.15, -0.1) is 0 Å². The lowest BCUT2D eigenvalue weighted by Gasteiger charge is -2.44. The molecule has 4 rings (SSSR count). The molecule has 0 saturated heterocycles. The van der Waals surface area contributed by atoms with Crippen molar-refractivity contribution in [1.82, 2.24) is 14.7 Å². The zero-order valence-corrected chi connectivity index (χ0v) is 24.0. The lowest BCUT2D eigenvalue weighted by Crippen LogP contribution is -2.45. The molecule has 12 heteroatoms. The number of carbonyl (C=O) groups is 3. The third-order valence-electron chi connectivity index (χ3n) is 8.12. The van der Waals surface area contributed by atoms with Crippen LogP contribution in [0.25, 0.3) is 0 Å². The highest BCUT2D eigenvalue weighted by atomic mass is 35.5.